The Morgan fingerprint density at radius 1 is 0.844 bits per heavy atom. The van der Waals surface area contributed by atoms with Crippen LogP contribution in [-0.4, -0.2) is 64.6 Å². The lowest BCUT2D eigenvalue weighted by Gasteiger charge is -2.35. The quantitative estimate of drug-likeness (QED) is 0.449. The largest absolute Gasteiger partial charge is 0.420 e. The maximum atomic E-state index is 14.2. The first-order valence-electron chi connectivity index (χ1n) is 10.1. The smallest absolute Gasteiger partial charge is 0.368 e. The van der Waals surface area contributed by atoms with Gasteiger partial charge in [-0.05, 0) is 38.2 Å². The van der Waals surface area contributed by atoms with Crippen LogP contribution in [0.3, 0.4) is 0 Å². The van der Waals surface area contributed by atoms with Gasteiger partial charge in [0.25, 0.3) is 0 Å². The molecule has 0 radical (unpaired) electrons. The third-order valence-corrected chi connectivity index (χ3v) is 5.87. The number of fused-ring (bicyclic) bond motifs is 3. The number of hydrogen-bond acceptors (Lipinski definition) is 7. The van der Waals surface area contributed by atoms with Crippen LogP contribution < -0.4 is 4.90 Å². The molecule has 0 spiro atoms. The minimum Gasteiger partial charge on any atom is -0.368 e. The topological polar surface area (TPSA) is 79.3 Å². The lowest BCUT2D eigenvalue weighted by molar-refractivity contribution is -0.136. The average Bonchev–Trinajstić information content (AvgIpc) is 2.75. The summed E-state index contributed by atoms with van der Waals surface area (Å²) in [7, 11) is 1.91. The molecule has 3 aromatic rings. The van der Waals surface area contributed by atoms with Crippen LogP contribution in [0.1, 0.15) is 43.5 Å². The van der Waals surface area contributed by atoms with Gasteiger partial charge >= 0.3 is 6.18 Å². The van der Waals surface area contributed by atoms with Crippen molar-refractivity contribution in [1.82, 2.24) is 19.9 Å². The minimum atomic E-state index is -4.73. The summed E-state index contributed by atoms with van der Waals surface area (Å²) in [4.78, 5) is 42.0. The molecule has 0 N–H and O–H groups in total. The second-order valence-corrected chi connectivity index (χ2v) is 8.04. The second kappa shape index (κ2) is 7.06. The van der Waals surface area contributed by atoms with Crippen molar-refractivity contribution in [1.29, 1.82) is 0 Å². The molecular formula is C22H18F3N5O2. The molecule has 2 aliphatic rings. The molecule has 3 heterocycles. The monoisotopic (exact) mass is 441 g/mol. The number of alkyl halides is 3. The number of aromatic nitrogens is 3. The number of halogens is 3. The van der Waals surface area contributed by atoms with E-state index in [2.05, 4.69) is 15.0 Å². The first kappa shape index (κ1) is 20.5. The molecule has 7 nitrogen and oxygen atoms in total. The number of carbonyl (C=O) groups excluding carboxylic acids is 2. The predicted octanol–water partition coefficient (Wildman–Crippen LogP) is 2.88. The van der Waals surface area contributed by atoms with Crippen LogP contribution in [0, 0.1) is 6.92 Å². The number of ketones is 2. The van der Waals surface area contributed by atoms with Crippen molar-refractivity contribution in [2.75, 3.05) is 38.1 Å². The van der Waals surface area contributed by atoms with Gasteiger partial charge in [0, 0.05) is 31.9 Å². The minimum absolute atomic E-state index is 0.00342. The maximum Gasteiger partial charge on any atom is 0.420 e. The van der Waals surface area contributed by atoms with Crippen LogP contribution in [0.2, 0.25) is 0 Å². The Labute approximate surface area is 180 Å². The molecule has 1 saturated heterocycles. The van der Waals surface area contributed by atoms with E-state index in [9.17, 15) is 22.8 Å². The second-order valence-electron chi connectivity index (χ2n) is 8.04. The molecule has 1 aliphatic carbocycles. The van der Waals surface area contributed by atoms with Gasteiger partial charge < -0.3 is 9.80 Å². The number of anilines is 1. The highest BCUT2D eigenvalue weighted by Gasteiger charge is 2.40. The van der Waals surface area contributed by atoms with Crippen LogP contribution in [0.4, 0.5) is 18.9 Å². The molecule has 2 aromatic heterocycles. The number of aryl methyl sites for hydroxylation is 1. The van der Waals surface area contributed by atoms with Crippen LogP contribution in [-0.2, 0) is 6.18 Å². The zero-order valence-corrected chi connectivity index (χ0v) is 17.3. The van der Waals surface area contributed by atoms with Gasteiger partial charge in [-0.1, -0.05) is 0 Å². The van der Waals surface area contributed by atoms with Gasteiger partial charge in [-0.15, -0.1) is 0 Å². The average molecular weight is 441 g/mol. The number of likely N-dealkylation sites (N-methyl/N-ethyl adjacent to an activating group) is 1. The molecule has 0 amide bonds. The summed E-state index contributed by atoms with van der Waals surface area (Å²) in [5.74, 6) is -1.28. The van der Waals surface area contributed by atoms with Crippen molar-refractivity contribution in [3.63, 3.8) is 0 Å². The Morgan fingerprint density at radius 3 is 2.22 bits per heavy atom. The van der Waals surface area contributed by atoms with Crippen molar-refractivity contribution >= 4 is 28.3 Å². The number of hydrogen-bond donors (Lipinski definition) is 0. The molecule has 0 bridgehead atoms. The molecule has 164 valence electrons. The van der Waals surface area contributed by atoms with Crippen molar-refractivity contribution < 1.29 is 22.8 Å². The predicted molar refractivity (Wildman–Crippen MR) is 110 cm³/mol. The molecule has 10 heteroatoms. The van der Waals surface area contributed by atoms with E-state index >= 15 is 0 Å². The van der Waals surface area contributed by atoms with E-state index in [0.717, 1.165) is 0 Å². The van der Waals surface area contributed by atoms with E-state index in [1.165, 1.54) is 18.2 Å². The first-order chi connectivity index (χ1) is 15.1. The van der Waals surface area contributed by atoms with Crippen molar-refractivity contribution in [2.24, 2.45) is 0 Å². The molecule has 0 unspecified atom stereocenters. The van der Waals surface area contributed by atoms with Gasteiger partial charge in [-0.2, -0.15) is 13.2 Å². The third-order valence-electron chi connectivity index (χ3n) is 5.87. The van der Waals surface area contributed by atoms with Gasteiger partial charge in [0.1, 0.15) is 28.2 Å². The van der Waals surface area contributed by atoms with Gasteiger partial charge in [0.2, 0.25) is 11.6 Å². The standard InChI is InChI=1S/C22H18F3N5O2/c1-11-3-4-12-16(26-11)21(32)19-18(20(12)31)27-13-5-6-14(30-9-7-29(2)8-10-30)15(17(13)28-19)22(23,24)25/h3-6H,7-10H2,1-2H3. The van der Waals surface area contributed by atoms with Gasteiger partial charge in [0.15, 0.2) is 0 Å². The zero-order chi connectivity index (χ0) is 22.8. The molecule has 1 aromatic carbocycles. The Kier molecular flexibility index (Phi) is 4.52. The molecule has 0 atom stereocenters. The summed E-state index contributed by atoms with van der Waals surface area (Å²) in [6.45, 7) is 3.76. The highest BCUT2D eigenvalue weighted by Crippen LogP contribution is 2.41. The Bertz CT molecular complexity index is 1300. The third kappa shape index (κ3) is 3.13. The van der Waals surface area contributed by atoms with E-state index in [-0.39, 0.29) is 28.2 Å². The van der Waals surface area contributed by atoms with E-state index in [4.69, 9.17) is 0 Å². The zero-order valence-electron chi connectivity index (χ0n) is 17.3. The normalized spacial score (nSPS) is 17.0. The Hall–Kier alpha value is -3.40. The van der Waals surface area contributed by atoms with Crippen LogP contribution in [0.5, 0.6) is 0 Å². The van der Waals surface area contributed by atoms with E-state index in [1.54, 1.807) is 17.9 Å². The van der Waals surface area contributed by atoms with Crippen molar-refractivity contribution in [2.45, 2.75) is 13.1 Å². The number of pyridine rings is 1. The molecular weight excluding hydrogens is 423 g/mol. The number of benzene rings is 1. The number of carbonyl (C=O) groups is 2. The van der Waals surface area contributed by atoms with Crippen LogP contribution in [0.25, 0.3) is 11.0 Å². The molecule has 0 saturated carbocycles. The van der Waals surface area contributed by atoms with E-state index < -0.39 is 34.5 Å². The lowest BCUT2D eigenvalue weighted by Crippen LogP contribution is -2.45. The van der Waals surface area contributed by atoms with E-state index in [1.807, 2.05) is 11.9 Å². The highest BCUT2D eigenvalue weighted by atomic mass is 19.4. The summed E-state index contributed by atoms with van der Waals surface area (Å²) in [5.41, 5.74) is -1.64. The van der Waals surface area contributed by atoms with Gasteiger partial charge in [-0.25, -0.2) is 15.0 Å². The summed E-state index contributed by atoms with van der Waals surface area (Å²) in [5, 5.41) is 0. The summed E-state index contributed by atoms with van der Waals surface area (Å²) >= 11 is 0. The molecule has 1 aliphatic heterocycles. The van der Waals surface area contributed by atoms with Crippen molar-refractivity contribution in [3.8, 4) is 0 Å². The van der Waals surface area contributed by atoms with Crippen LogP contribution >= 0.6 is 0 Å². The van der Waals surface area contributed by atoms with E-state index in [0.29, 0.717) is 31.9 Å². The molecule has 1 fully saturated rings. The summed E-state index contributed by atoms with van der Waals surface area (Å²) in [6.07, 6.45) is -4.73. The number of nitrogens with zero attached hydrogens (tertiary/aromatic N) is 5. The van der Waals surface area contributed by atoms with Crippen molar-refractivity contribution in [3.05, 3.63) is 58.2 Å². The number of piperazine rings is 1. The molecule has 32 heavy (non-hydrogen) atoms. The fourth-order valence-electron chi connectivity index (χ4n) is 4.17. The SMILES string of the molecule is Cc1ccc2c(n1)C(=O)c1nc3c(C(F)(F)F)c(N4CCN(C)CC4)ccc3nc1C2=O. The molecule has 5 rings (SSSR count). The summed E-state index contributed by atoms with van der Waals surface area (Å²) in [6, 6.07) is 5.86. The van der Waals surface area contributed by atoms with Crippen LogP contribution in [0.15, 0.2) is 24.3 Å². The lowest BCUT2D eigenvalue weighted by atomic mass is 9.93. The Morgan fingerprint density at radius 2 is 1.53 bits per heavy atom. The Balaban J connectivity index is 1.74. The van der Waals surface area contributed by atoms with Gasteiger partial charge in [-0.3, -0.25) is 9.59 Å². The maximum absolute atomic E-state index is 14.2. The van der Waals surface area contributed by atoms with Gasteiger partial charge in [0.05, 0.1) is 16.8 Å². The number of rotatable bonds is 1. The fourth-order valence-corrected chi connectivity index (χ4v) is 4.17. The first-order valence-corrected chi connectivity index (χ1v) is 10.1. The summed E-state index contributed by atoms with van der Waals surface area (Å²) < 4.78 is 42.7. The highest BCUT2D eigenvalue weighted by molar-refractivity contribution is 6.26. The fraction of sp³-hybridized carbons (Fsp3) is 0.318.